The van der Waals surface area contributed by atoms with E-state index in [9.17, 15) is 0 Å². The van der Waals surface area contributed by atoms with E-state index in [1.165, 1.54) is 5.56 Å². The van der Waals surface area contributed by atoms with Gasteiger partial charge in [-0.05, 0) is 91.7 Å². The minimum absolute atomic E-state index is 0.175. The van der Waals surface area contributed by atoms with Crippen LogP contribution in [-0.2, 0) is 6.42 Å². The van der Waals surface area contributed by atoms with Gasteiger partial charge in [-0.1, -0.05) is 19.1 Å². The van der Waals surface area contributed by atoms with Crippen molar-refractivity contribution in [2.45, 2.75) is 58.7 Å². The lowest BCUT2D eigenvalue weighted by Crippen LogP contribution is -2.54. The zero-order chi connectivity index (χ0) is 24.6. The van der Waals surface area contributed by atoms with Gasteiger partial charge in [-0.3, -0.25) is 4.90 Å². The van der Waals surface area contributed by atoms with Crippen LogP contribution in [0.25, 0.3) is 0 Å². The van der Waals surface area contributed by atoms with Crippen LogP contribution in [0.15, 0.2) is 24.3 Å². The first-order valence-electron chi connectivity index (χ1n) is 12.5. The molecular formula is C26H48N6S. The van der Waals surface area contributed by atoms with Crippen LogP contribution < -0.4 is 10.6 Å². The Labute approximate surface area is 208 Å². The smallest absolute Gasteiger partial charge is 0.170 e. The lowest BCUT2D eigenvalue weighted by molar-refractivity contribution is 0.0711. The molecule has 0 amide bonds. The molecule has 0 bridgehead atoms. The number of hydrogen-bond donors (Lipinski definition) is 2. The Morgan fingerprint density at radius 3 is 2.33 bits per heavy atom. The normalized spacial score (nSPS) is 22.5. The second kappa shape index (κ2) is 13.0. The summed E-state index contributed by atoms with van der Waals surface area (Å²) >= 11 is 5.38. The number of rotatable bonds is 5. The third kappa shape index (κ3) is 9.49. The number of nitrogens with one attached hydrogen (secondary N) is 2. The van der Waals surface area contributed by atoms with Crippen molar-refractivity contribution in [1.82, 2.24) is 24.9 Å². The molecule has 188 valence electrons. The molecule has 2 N–H and O–H groups in total. The Morgan fingerprint density at radius 1 is 1.06 bits per heavy atom. The summed E-state index contributed by atoms with van der Waals surface area (Å²) in [5.41, 5.74) is 2.58. The van der Waals surface area contributed by atoms with Gasteiger partial charge in [-0.2, -0.15) is 0 Å². The molecule has 1 heterocycles. The summed E-state index contributed by atoms with van der Waals surface area (Å²) < 4.78 is 0. The lowest BCUT2D eigenvalue weighted by atomic mass is 10.0. The first-order chi connectivity index (χ1) is 15.5. The van der Waals surface area contributed by atoms with Gasteiger partial charge in [0.15, 0.2) is 5.11 Å². The molecule has 1 atom stereocenters. The van der Waals surface area contributed by atoms with Gasteiger partial charge in [-0.15, -0.1) is 0 Å². The van der Waals surface area contributed by atoms with Crippen LogP contribution >= 0.6 is 12.2 Å². The van der Waals surface area contributed by atoms with Crippen molar-refractivity contribution in [3.63, 3.8) is 0 Å². The van der Waals surface area contributed by atoms with Gasteiger partial charge in [0.2, 0.25) is 0 Å². The zero-order valence-electron chi connectivity index (χ0n) is 22.3. The monoisotopic (exact) mass is 476 g/mol. The molecule has 0 saturated carbocycles. The van der Waals surface area contributed by atoms with Crippen molar-refractivity contribution in [2.75, 3.05) is 72.3 Å². The van der Waals surface area contributed by atoms with Crippen LogP contribution in [0.2, 0.25) is 0 Å². The molecule has 1 saturated heterocycles. The number of thiocarbonyl (C=S) groups is 1. The van der Waals surface area contributed by atoms with Gasteiger partial charge >= 0.3 is 0 Å². The van der Waals surface area contributed by atoms with Gasteiger partial charge in [0.25, 0.3) is 0 Å². The quantitative estimate of drug-likeness (QED) is 0.632. The van der Waals surface area contributed by atoms with Gasteiger partial charge in [0.05, 0.1) is 0 Å². The maximum atomic E-state index is 5.38. The highest BCUT2D eigenvalue weighted by Crippen LogP contribution is 2.17. The average Bonchev–Trinajstić information content (AvgIpc) is 2.73. The molecule has 1 aromatic carbocycles. The fourth-order valence-electron chi connectivity index (χ4n) is 4.43. The van der Waals surface area contributed by atoms with Crippen LogP contribution in [0.3, 0.4) is 0 Å². The van der Waals surface area contributed by atoms with E-state index in [0.717, 1.165) is 57.9 Å². The predicted octanol–water partition coefficient (Wildman–Crippen LogP) is 3.20. The van der Waals surface area contributed by atoms with E-state index in [0.29, 0.717) is 17.2 Å². The summed E-state index contributed by atoms with van der Waals surface area (Å²) in [6, 6.07) is 9.57. The molecule has 0 spiro atoms. The van der Waals surface area contributed by atoms with Crippen molar-refractivity contribution >= 4 is 23.0 Å². The van der Waals surface area contributed by atoms with Gasteiger partial charge < -0.3 is 25.3 Å². The van der Waals surface area contributed by atoms with Crippen molar-refractivity contribution in [2.24, 2.45) is 0 Å². The van der Waals surface area contributed by atoms with E-state index >= 15 is 0 Å². The molecule has 1 aliphatic rings. The van der Waals surface area contributed by atoms with Gasteiger partial charge in [-0.25, -0.2) is 0 Å². The molecule has 0 aromatic heterocycles. The number of nitrogens with zero attached hydrogens (tertiary/aromatic N) is 4. The fourth-order valence-corrected chi connectivity index (χ4v) is 4.78. The van der Waals surface area contributed by atoms with Crippen molar-refractivity contribution < 1.29 is 0 Å². The van der Waals surface area contributed by atoms with E-state index in [4.69, 9.17) is 12.2 Å². The minimum Gasteiger partial charge on any atom is -0.360 e. The Balaban J connectivity index is 2.09. The highest BCUT2D eigenvalue weighted by molar-refractivity contribution is 7.80. The topological polar surface area (TPSA) is 37.0 Å². The summed E-state index contributed by atoms with van der Waals surface area (Å²) in [5.74, 6) is 0. The summed E-state index contributed by atoms with van der Waals surface area (Å²) in [6.45, 7) is 18.8. The summed E-state index contributed by atoms with van der Waals surface area (Å²) in [7, 11) is 6.82. The standard InChI is InChI=1S/C26H48N6S/c1-9-32-17-16-31(8)26(4,5)20-29(6)14-15-30(7)24(19-32)18-22-10-12-23(13-11-22)28-25(33)27-21(2)3/h10-13,21,24H,9,14-20H2,1-8H3,(H2,27,28,33). The molecule has 6 nitrogen and oxygen atoms in total. The number of hydrogen-bond acceptors (Lipinski definition) is 5. The lowest BCUT2D eigenvalue weighted by Gasteiger charge is -2.42. The van der Waals surface area contributed by atoms with Crippen LogP contribution in [-0.4, -0.2) is 109 Å². The van der Waals surface area contributed by atoms with Crippen LogP contribution in [0.1, 0.15) is 40.2 Å². The van der Waals surface area contributed by atoms with E-state index in [1.54, 1.807) is 0 Å². The molecular weight excluding hydrogens is 428 g/mol. The van der Waals surface area contributed by atoms with Gasteiger partial charge in [0, 0.05) is 62.6 Å². The van der Waals surface area contributed by atoms with Crippen molar-refractivity contribution in [3.05, 3.63) is 29.8 Å². The number of anilines is 1. The Bertz CT molecular complexity index is 720. The van der Waals surface area contributed by atoms with Crippen molar-refractivity contribution in [1.29, 1.82) is 0 Å². The second-order valence-electron chi connectivity index (χ2n) is 10.7. The second-order valence-corrected chi connectivity index (χ2v) is 11.1. The summed E-state index contributed by atoms with van der Waals surface area (Å²) in [5, 5.41) is 7.19. The first kappa shape index (κ1) is 28.0. The van der Waals surface area contributed by atoms with Crippen LogP contribution in [0.5, 0.6) is 0 Å². The molecule has 2 rings (SSSR count). The molecule has 0 aliphatic carbocycles. The summed E-state index contributed by atoms with van der Waals surface area (Å²) in [4.78, 5) is 10.2. The molecule has 1 aliphatic heterocycles. The molecule has 1 aromatic rings. The van der Waals surface area contributed by atoms with E-state index in [-0.39, 0.29) is 5.54 Å². The third-order valence-electron chi connectivity index (χ3n) is 6.92. The van der Waals surface area contributed by atoms with E-state index in [2.05, 4.69) is 110 Å². The van der Waals surface area contributed by atoms with E-state index < -0.39 is 0 Å². The number of benzene rings is 1. The number of likely N-dealkylation sites (N-methyl/N-ethyl adjacent to an activating group) is 4. The Kier molecular flexibility index (Phi) is 11.0. The average molecular weight is 477 g/mol. The fraction of sp³-hybridized carbons (Fsp3) is 0.731. The van der Waals surface area contributed by atoms with Crippen LogP contribution in [0.4, 0.5) is 5.69 Å². The largest absolute Gasteiger partial charge is 0.360 e. The zero-order valence-corrected chi connectivity index (χ0v) is 23.1. The van der Waals surface area contributed by atoms with Gasteiger partial charge in [0.1, 0.15) is 0 Å². The Morgan fingerprint density at radius 2 is 1.73 bits per heavy atom. The SMILES string of the molecule is CCN1CCN(C)C(C)(C)CN(C)CCN(C)C(Cc2ccc(NC(=S)NC(C)C)cc2)C1. The maximum Gasteiger partial charge on any atom is 0.170 e. The maximum absolute atomic E-state index is 5.38. The predicted molar refractivity (Wildman–Crippen MR) is 147 cm³/mol. The Hall–Kier alpha value is -1.25. The van der Waals surface area contributed by atoms with E-state index in [1.807, 2.05) is 0 Å². The minimum atomic E-state index is 0.175. The summed E-state index contributed by atoms with van der Waals surface area (Å²) in [6.07, 6.45) is 1.05. The molecule has 1 unspecified atom stereocenters. The molecule has 7 heteroatoms. The highest BCUT2D eigenvalue weighted by atomic mass is 32.1. The van der Waals surface area contributed by atoms with Crippen LogP contribution in [0, 0.1) is 0 Å². The first-order valence-corrected chi connectivity index (χ1v) is 12.9. The molecule has 1 fully saturated rings. The highest BCUT2D eigenvalue weighted by Gasteiger charge is 2.27. The third-order valence-corrected chi connectivity index (χ3v) is 7.14. The molecule has 0 radical (unpaired) electrons. The molecule has 33 heavy (non-hydrogen) atoms. The van der Waals surface area contributed by atoms with Crippen molar-refractivity contribution in [3.8, 4) is 0 Å².